The number of rotatable bonds is 7. The van der Waals surface area contributed by atoms with Crippen molar-refractivity contribution in [2.45, 2.75) is 44.4 Å². The van der Waals surface area contributed by atoms with Gasteiger partial charge in [0.05, 0.1) is 0 Å². The number of benzene rings is 1. The van der Waals surface area contributed by atoms with Crippen LogP contribution in [-0.2, 0) is 9.53 Å². The molecule has 3 atom stereocenters. The molecule has 33 heavy (non-hydrogen) atoms. The number of fused-ring (bicyclic) bond motifs is 1. The number of allylic oxidation sites excluding steroid dienone is 5. The molecule has 3 unspecified atom stereocenters. The molecule has 0 aromatic heterocycles. The summed E-state index contributed by atoms with van der Waals surface area (Å²) in [5, 5.41) is 8.87. The second kappa shape index (κ2) is 9.80. The molecule has 0 spiro atoms. The average Bonchev–Trinajstić information content (AvgIpc) is 2.78. The molecule has 1 aliphatic heterocycles. The maximum absolute atomic E-state index is 13.9. The van der Waals surface area contributed by atoms with Crippen molar-refractivity contribution in [1.82, 2.24) is 0 Å². The van der Waals surface area contributed by atoms with E-state index in [1.54, 1.807) is 24.3 Å². The molecule has 0 bridgehead atoms. The Hall–Kier alpha value is -3.10. The molecule has 3 aliphatic rings. The Morgan fingerprint density at radius 2 is 2.00 bits per heavy atom. The fourth-order valence-corrected chi connectivity index (χ4v) is 4.16. The molecule has 2 aliphatic carbocycles. The van der Waals surface area contributed by atoms with E-state index in [9.17, 15) is 18.0 Å². The molecule has 178 valence electrons. The van der Waals surface area contributed by atoms with Crippen molar-refractivity contribution in [3.05, 3.63) is 54.0 Å². The zero-order valence-corrected chi connectivity index (χ0v) is 17.8. The van der Waals surface area contributed by atoms with E-state index in [2.05, 4.69) is 0 Å². The predicted octanol–water partition coefficient (Wildman–Crippen LogP) is 5.40. The zero-order chi connectivity index (χ0) is 23.4. The van der Waals surface area contributed by atoms with Gasteiger partial charge >= 0.3 is 12.1 Å². The van der Waals surface area contributed by atoms with Gasteiger partial charge in [-0.1, -0.05) is 12.1 Å². The van der Waals surface area contributed by atoms with Crippen molar-refractivity contribution in [2.75, 3.05) is 13.2 Å². The number of carboxylic acid groups (broad SMARTS) is 1. The number of hydrogen-bond donors (Lipinski definition) is 1. The van der Waals surface area contributed by atoms with Crippen molar-refractivity contribution in [1.29, 1.82) is 0 Å². The minimum Gasteiger partial charge on any atom is -0.490 e. The van der Waals surface area contributed by atoms with Gasteiger partial charge in [0.2, 0.25) is 5.75 Å². The Bertz CT molecular complexity index is 965. The van der Waals surface area contributed by atoms with Gasteiger partial charge in [-0.25, -0.2) is 0 Å². The van der Waals surface area contributed by atoms with Crippen molar-refractivity contribution < 1.29 is 42.0 Å². The summed E-state index contributed by atoms with van der Waals surface area (Å²) in [6.45, 7) is 0.726. The number of hydrogen-bond acceptors (Lipinski definition) is 5. The van der Waals surface area contributed by atoms with Gasteiger partial charge in [0.1, 0.15) is 36.8 Å². The summed E-state index contributed by atoms with van der Waals surface area (Å²) in [7, 11) is 0. The number of ether oxygens (including phenoxy) is 4. The summed E-state index contributed by atoms with van der Waals surface area (Å²) in [5.74, 6) is -1.53. The normalized spacial score (nSPS) is 24.5. The van der Waals surface area contributed by atoms with Crippen LogP contribution < -0.4 is 14.2 Å². The first-order valence-electron chi connectivity index (χ1n) is 10.9. The number of para-hydroxylation sites is 1. The van der Waals surface area contributed by atoms with Crippen LogP contribution in [0.2, 0.25) is 0 Å². The zero-order valence-electron chi connectivity index (χ0n) is 17.8. The molecule has 1 N–H and O–H groups in total. The summed E-state index contributed by atoms with van der Waals surface area (Å²) in [5.41, 5.74) is 0. The second-order valence-electron chi connectivity index (χ2n) is 8.24. The van der Waals surface area contributed by atoms with E-state index in [-0.39, 0.29) is 23.9 Å². The lowest BCUT2D eigenvalue weighted by atomic mass is 9.88. The smallest absolute Gasteiger partial charge is 0.399 e. The Morgan fingerprint density at radius 1 is 1.18 bits per heavy atom. The van der Waals surface area contributed by atoms with Crippen LogP contribution in [0.1, 0.15) is 32.1 Å². The van der Waals surface area contributed by atoms with E-state index >= 15 is 0 Å². The number of alkyl halides is 3. The SMILES string of the molecule is O=C(O)CCC1CC=CC(OC2=CC=C(Oc3cccc4c3OCCO4)CC2C(F)(F)F)C1. The first kappa shape index (κ1) is 23.1. The molecule has 1 aromatic rings. The van der Waals surface area contributed by atoms with Gasteiger partial charge in [0.25, 0.3) is 0 Å². The van der Waals surface area contributed by atoms with Crippen LogP contribution in [0.25, 0.3) is 0 Å². The van der Waals surface area contributed by atoms with Crippen LogP contribution in [0.3, 0.4) is 0 Å². The third-order valence-corrected chi connectivity index (χ3v) is 5.79. The first-order valence-corrected chi connectivity index (χ1v) is 10.9. The van der Waals surface area contributed by atoms with Crippen molar-refractivity contribution in [2.24, 2.45) is 11.8 Å². The Balaban J connectivity index is 1.48. The highest BCUT2D eigenvalue weighted by Crippen LogP contribution is 2.44. The lowest BCUT2D eigenvalue weighted by Crippen LogP contribution is -2.31. The third-order valence-electron chi connectivity index (χ3n) is 5.79. The summed E-state index contributed by atoms with van der Waals surface area (Å²) in [6, 6.07) is 5.02. The molecular formula is C24H25F3O6. The average molecular weight is 466 g/mol. The molecule has 1 aromatic carbocycles. The summed E-state index contributed by atoms with van der Waals surface area (Å²) in [6.07, 6.45) is 2.58. The molecular weight excluding hydrogens is 441 g/mol. The number of carbonyl (C=O) groups is 1. The Kier molecular flexibility index (Phi) is 6.85. The van der Waals surface area contributed by atoms with Gasteiger partial charge in [-0.2, -0.15) is 13.2 Å². The van der Waals surface area contributed by atoms with Gasteiger partial charge in [-0.3, -0.25) is 4.79 Å². The monoisotopic (exact) mass is 466 g/mol. The summed E-state index contributed by atoms with van der Waals surface area (Å²) >= 11 is 0. The van der Waals surface area contributed by atoms with E-state index in [0.29, 0.717) is 49.7 Å². The van der Waals surface area contributed by atoms with E-state index in [1.165, 1.54) is 12.2 Å². The van der Waals surface area contributed by atoms with Crippen LogP contribution in [0.15, 0.2) is 54.0 Å². The highest BCUT2D eigenvalue weighted by atomic mass is 19.4. The first-order chi connectivity index (χ1) is 15.8. The van der Waals surface area contributed by atoms with Crippen LogP contribution in [0.4, 0.5) is 13.2 Å². The molecule has 1 heterocycles. The van der Waals surface area contributed by atoms with Crippen LogP contribution in [0.5, 0.6) is 17.2 Å². The van der Waals surface area contributed by atoms with Crippen LogP contribution >= 0.6 is 0 Å². The number of aliphatic carboxylic acids is 1. The fraction of sp³-hybridized carbons (Fsp3) is 0.458. The minimum absolute atomic E-state index is 0.0283. The predicted molar refractivity (Wildman–Crippen MR) is 112 cm³/mol. The van der Waals surface area contributed by atoms with Crippen molar-refractivity contribution in [3.8, 4) is 17.2 Å². The third kappa shape index (κ3) is 5.83. The standard InChI is InChI=1S/C24H25F3O6/c25-24(26,27)18-14-17(33-21-6-2-5-20-23(21)31-12-11-30-20)8-9-19(18)32-16-4-1-3-15(13-16)7-10-22(28)29/h1-2,4-6,8-9,15-16,18H,3,7,10-14H2,(H,28,29). The molecule has 6 nitrogen and oxygen atoms in total. The van der Waals surface area contributed by atoms with E-state index in [4.69, 9.17) is 24.1 Å². The largest absolute Gasteiger partial charge is 0.490 e. The lowest BCUT2D eigenvalue weighted by molar-refractivity contribution is -0.176. The van der Waals surface area contributed by atoms with Gasteiger partial charge in [0, 0.05) is 12.8 Å². The van der Waals surface area contributed by atoms with Crippen molar-refractivity contribution >= 4 is 5.97 Å². The topological polar surface area (TPSA) is 74.2 Å². The molecule has 0 amide bonds. The second-order valence-corrected chi connectivity index (χ2v) is 8.24. The molecule has 0 fully saturated rings. The van der Waals surface area contributed by atoms with Crippen molar-refractivity contribution in [3.63, 3.8) is 0 Å². The van der Waals surface area contributed by atoms with Gasteiger partial charge in [0.15, 0.2) is 11.5 Å². The molecule has 0 saturated carbocycles. The van der Waals surface area contributed by atoms with E-state index in [1.807, 2.05) is 6.08 Å². The summed E-state index contributed by atoms with van der Waals surface area (Å²) < 4.78 is 64.3. The minimum atomic E-state index is -4.52. The molecule has 4 rings (SSSR count). The Labute approximate surface area is 189 Å². The number of halogens is 3. The molecule has 0 radical (unpaired) electrons. The van der Waals surface area contributed by atoms with E-state index in [0.717, 1.165) is 0 Å². The lowest BCUT2D eigenvalue weighted by Gasteiger charge is -2.32. The summed E-state index contributed by atoms with van der Waals surface area (Å²) in [4.78, 5) is 10.8. The highest BCUT2D eigenvalue weighted by Gasteiger charge is 2.45. The highest BCUT2D eigenvalue weighted by molar-refractivity contribution is 5.66. The van der Waals surface area contributed by atoms with Gasteiger partial charge in [-0.05, 0) is 55.5 Å². The Morgan fingerprint density at radius 3 is 2.79 bits per heavy atom. The maximum Gasteiger partial charge on any atom is 0.399 e. The van der Waals surface area contributed by atoms with Crippen LogP contribution in [0, 0.1) is 11.8 Å². The van der Waals surface area contributed by atoms with E-state index < -0.39 is 30.6 Å². The maximum atomic E-state index is 13.9. The van der Waals surface area contributed by atoms with Crippen LogP contribution in [-0.4, -0.2) is 36.6 Å². The molecule has 0 saturated heterocycles. The molecule has 9 heteroatoms. The van der Waals surface area contributed by atoms with Gasteiger partial charge in [-0.15, -0.1) is 0 Å². The quantitative estimate of drug-likeness (QED) is 0.543. The number of carboxylic acids is 1. The fourth-order valence-electron chi connectivity index (χ4n) is 4.16. The van der Waals surface area contributed by atoms with Gasteiger partial charge < -0.3 is 24.1 Å².